The van der Waals surface area contributed by atoms with Gasteiger partial charge in [-0.15, -0.1) is 0 Å². The SMILES string of the molecule is CC(=O)O[C@H]1CC[C@@]2(C)C(=CC[C@H]3[C@H]2CC[C@]2(C)[C@@H]4C(C)=C([C@H]5C[C@H](C)CN5C(C)=O)O[C@H]4C[C@@H]32)C1. The van der Waals surface area contributed by atoms with Crippen molar-refractivity contribution in [3.05, 3.63) is 23.0 Å². The molecule has 5 heteroatoms. The van der Waals surface area contributed by atoms with E-state index in [0.29, 0.717) is 23.7 Å². The number of amides is 1. The van der Waals surface area contributed by atoms with Crippen LogP contribution in [0.2, 0.25) is 0 Å². The number of carbonyl (C=O) groups is 2. The van der Waals surface area contributed by atoms with Crippen molar-refractivity contribution in [2.24, 2.45) is 40.4 Å². The van der Waals surface area contributed by atoms with Gasteiger partial charge in [0.15, 0.2) is 0 Å². The molecule has 1 amide bonds. The smallest absolute Gasteiger partial charge is 0.302 e. The average Bonchev–Trinajstić information content (AvgIpc) is 3.44. The fourth-order valence-corrected chi connectivity index (χ4v) is 10.2. The highest BCUT2D eigenvalue weighted by Gasteiger charge is 2.64. The van der Waals surface area contributed by atoms with Crippen molar-refractivity contribution in [1.82, 2.24) is 4.90 Å². The first-order chi connectivity index (χ1) is 17.0. The van der Waals surface area contributed by atoms with Gasteiger partial charge in [-0.1, -0.05) is 32.4 Å². The van der Waals surface area contributed by atoms with Crippen molar-refractivity contribution in [1.29, 1.82) is 0 Å². The van der Waals surface area contributed by atoms with Crippen LogP contribution in [0.15, 0.2) is 23.0 Å². The number of esters is 1. The van der Waals surface area contributed by atoms with E-state index >= 15 is 0 Å². The summed E-state index contributed by atoms with van der Waals surface area (Å²) in [5.74, 6) is 4.31. The zero-order valence-electron chi connectivity index (χ0n) is 23.1. The molecule has 36 heavy (non-hydrogen) atoms. The van der Waals surface area contributed by atoms with Gasteiger partial charge in [0.2, 0.25) is 5.91 Å². The molecule has 3 saturated carbocycles. The van der Waals surface area contributed by atoms with Crippen LogP contribution in [0.1, 0.15) is 92.9 Å². The fourth-order valence-electron chi connectivity index (χ4n) is 10.2. The topological polar surface area (TPSA) is 55.8 Å². The third kappa shape index (κ3) is 3.46. The Balaban J connectivity index is 1.25. The summed E-state index contributed by atoms with van der Waals surface area (Å²) in [4.78, 5) is 26.0. The molecule has 0 unspecified atom stereocenters. The van der Waals surface area contributed by atoms with Crippen molar-refractivity contribution < 1.29 is 19.1 Å². The van der Waals surface area contributed by atoms with E-state index in [-0.39, 0.29) is 41.0 Å². The second-order valence-electron chi connectivity index (χ2n) is 13.7. The van der Waals surface area contributed by atoms with Gasteiger partial charge in [-0.25, -0.2) is 0 Å². The third-order valence-electron chi connectivity index (χ3n) is 11.7. The number of likely N-dealkylation sites (tertiary alicyclic amines) is 1. The maximum Gasteiger partial charge on any atom is 0.302 e. The predicted octanol–water partition coefficient (Wildman–Crippen LogP) is 6.04. The monoisotopic (exact) mass is 495 g/mol. The molecule has 0 radical (unpaired) electrons. The van der Waals surface area contributed by atoms with Gasteiger partial charge in [0.25, 0.3) is 0 Å². The Morgan fingerprint density at radius 2 is 1.89 bits per heavy atom. The van der Waals surface area contributed by atoms with Crippen LogP contribution in [0.4, 0.5) is 0 Å². The molecule has 0 aromatic rings. The van der Waals surface area contributed by atoms with Gasteiger partial charge in [-0.05, 0) is 91.9 Å². The van der Waals surface area contributed by atoms with Gasteiger partial charge in [0, 0.05) is 32.7 Å². The highest BCUT2D eigenvalue weighted by molar-refractivity contribution is 5.74. The molecule has 4 aliphatic carbocycles. The first-order valence-corrected chi connectivity index (χ1v) is 14.5. The first-order valence-electron chi connectivity index (χ1n) is 14.5. The van der Waals surface area contributed by atoms with E-state index in [2.05, 4.69) is 38.7 Å². The molecule has 2 aliphatic heterocycles. The van der Waals surface area contributed by atoms with Crippen LogP contribution in [-0.4, -0.2) is 41.6 Å². The van der Waals surface area contributed by atoms with Crippen LogP contribution < -0.4 is 0 Å². The first kappa shape index (κ1) is 24.6. The molecule has 10 atom stereocenters. The molecule has 1 saturated heterocycles. The van der Waals surface area contributed by atoms with E-state index in [1.165, 1.54) is 25.3 Å². The van der Waals surface area contributed by atoms with Gasteiger partial charge in [-0.3, -0.25) is 9.59 Å². The van der Waals surface area contributed by atoms with Gasteiger partial charge < -0.3 is 14.4 Å². The number of carbonyl (C=O) groups excluding carboxylic acids is 2. The standard InChI is InChI=1S/C31H45NO4/c1-17-13-26(32(16-17)19(3)33)29-18(2)28-27(36-29)15-25-23-8-7-21-14-22(35-20(4)34)9-11-30(21,5)24(23)10-12-31(25,28)6/h7,17,22-28H,8-16H2,1-6H3/t17-,22-,23-,24+,25-,26+,27-,28+,30-,31-/m0/s1. The van der Waals surface area contributed by atoms with Crippen molar-refractivity contribution >= 4 is 11.9 Å². The maximum absolute atomic E-state index is 12.4. The minimum Gasteiger partial charge on any atom is -0.492 e. The summed E-state index contributed by atoms with van der Waals surface area (Å²) in [6.45, 7) is 13.7. The second-order valence-corrected chi connectivity index (χ2v) is 13.7. The Morgan fingerprint density at radius 1 is 1.11 bits per heavy atom. The summed E-state index contributed by atoms with van der Waals surface area (Å²) < 4.78 is 12.5. The molecule has 0 N–H and O–H groups in total. The van der Waals surface area contributed by atoms with Crippen molar-refractivity contribution in [2.45, 2.75) is 111 Å². The Labute approximate surface area is 217 Å². The van der Waals surface area contributed by atoms with Crippen LogP contribution >= 0.6 is 0 Å². The lowest BCUT2D eigenvalue weighted by Crippen LogP contribution is -2.50. The summed E-state index contributed by atoms with van der Waals surface area (Å²) >= 11 is 0. The third-order valence-corrected chi connectivity index (χ3v) is 11.7. The summed E-state index contributed by atoms with van der Waals surface area (Å²) in [5.41, 5.74) is 3.52. The Morgan fingerprint density at radius 3 is 2.61 bits per heavy atom. The Bertz CT molecular complexity index is 1030. The highest BCUT2D eigenvalue weighted by Crippen LogP contribution is 2.69. The van der Waals surface area contributed by atoms with E-state index in [1.807, 2.05) is 0 Å². The molecule has 6 rings (SSSR count). The number of rotatable bonds is 2. The van der Waals surface area contributed by atoms with E-state index in [0.717, 1.165) is 56.7 Å². The van der Waals surface area contributed by atoms with Crippen molar-refractivity contribution in [2.75, 3.05) is 6.54 Å². The summed E-state index contributed by atoms with van der Waals surface area (Å²) in [6.07, 6.45) is 11.8. The van der Waals surface area contributed by atoms with Crippen LogP contribution in [0.3, 0.4) is 0 Å². The lowest BCUT2D eigenvalue weighted by Gasteiger charge is -2.58. The predicted molar refractivity (Wildman–Crippen MR) is 139 cm³/mol. The van der Waals surface area contributed by atoms with E-state index in [4.69, 9.17) is 9.47 Å². The number of allylic oxidation sites excluding steroid dienone is 1. The van der Waals surface area contributed by atoms with Crippen molar-refractivity contribution in [3.63, 3.8) is 0 Å². The quantitative estimate of drug-likeness (QED) is 0.346. The molecular weight excluding hydrogens is 450 g/mol. The van der Waals surface area contributed by atoms with Gasteiger partial charge in [-0.2, -0.15) is 0 Å². The normalized spacial score (nSPS) is 47.4. The molecule has 4 fully saturated rings. The minimum absolute atomic E-state index is 0.0607. The lowest BCUT2D eigenvalue weighted by molar-refractivity contribution is -0.148. The molecule has 0 spiro atoms. The minimum atomic E-state index is -0.148. The molecular formula is C31H45NO4. The average molecular weight is 496 g/mol. The van der Waals surface area contributed by atoms with E-state index in [1.54, 1.807) is 12.5 Å². The van der Waals surface area contributed by atoms with Crippen LogP contribution in [0, 0.1) is 40.4 Å². The molecule has 198 valence electrons. The number of fused-ring (bicyclic) bond motifs is 7. The van der Waals surface area contributed by atoms with Crippen LogP contribution in [0.5, 0.6) is 0 Å². The fraction of sp³-hybridized carbons (Fsp3) is 0.806. The Kier molecular flexibility index (Phi) is 5.70. The largest absolute Gasteiger partial charge is 0.492 e. The number of hydrogen-bond donors (Lipinski definition) is 0. The molecule has 0 aromatic carbocycles. The van der Waals surface area contributed by atoms with Gasteiger partial charge in [0.1, 0.15) is 18.0 Å². The molecule has 5 nitrogen and oxygen atoms in total. The summed E-state index contributed by atoms with van der Waals surface area (Å²) in [6, 6.07) is 0.132. The maximum atomic E-state index is 12.4. The highest BCUT2D eigenvalue weighted by atomic mass is 16.5. The second kappa shape index (κ2) is 8.36. The number of hydrogen-bond acceptors (Lipinski definition) is 4. The van der Waals surface area contributed by atoms with Gasteiger partial charge >= 0.3 is 5.97 Å². The van der Waals surface area contributed by atoms with Gasteiger partial charge in [0.05, 0.1) is 6.04 Å². The lowest BCUT2D eigenvalue weighted by atomic mass is 9.47. The van der Waals surface area contributed by atoms with E-state index < -0.39 is 0 Å². The zero-order valence-corrected chi connectivity index (χ0v) is 23.1. The molecule has 6 aliphatic rings. The number of nitrogens with zero attached hydrogens (tertiary/aromatic N) is 1. The molecule has 0 aromatic heterocycles. The summed E-state index contributed by atoms with van der Waals surface area (Å²) in [5, 5.41) is 0. The zero-order chi connectivity index (χ0) is 25.6. The van der Waals surface area contributed by atoms with E-state index in [9.17, 15) is 9.59 Å². The number of ether oxygens (including phenoxy) is 2. The Hall–Kier alpha value is -1.78. The summed E-state index contributed by atoms with van der Waals surface area (Å²) in [7, 11) is 0. The van der Waals surface area contributed by atoms with Crippen molar-refractivity contribution in [3.8, 4) is 0 Å². The van der Waals surface area contributed by atoms with Crippen LogP contribution in [0.25, 0.3) is 0 Å². The molecule has 0 bridgehead atoms. The molecule has 2 heterocycles. The van der Waals surface area contributed by atoms with Crippen LogP contribution in [-0.2, 0) is 19.1 Å².